The topological polar surface area (TPSA) is 52.6 Å². The smallest absolute Gasteiger partial charge is 0.326 e. The lowest BCUT2D eigenvalue weighted by Gasteiger charge is -2.31. The number of aryl methyl sites for hydroxylation is 1. The Morgan fingerprint density at radius 1 is 1.25 bits per heavy atom. The van der Waals surface area contributed by atoms with Gasteiger partial charge >= 0.3 is 6.03 Å². The number of carbonyl (C=O) groups excluding carboxylic acids is 1. The van der Waals surface area contributed by atoms with Gasteiger partial charge in [-0.25, -0.2) is 4.79 Å². The van der Waals surface area contributed by atoms with Crippen LogP contribution < -0.4 is 10.2 Å². The maximum Gasteiger partial charge on any atom is 0.326 e. The van der Waals surface area contributed by atoms with Gasteiger partial charge in [-0.1, -0.05) is 25.1 Å². The summed E-state index contributed by atoms with van der Waals surface area (Å²) in [5.74, 6) is 0.236. The molecule has 0 atom stereocenters. The molecule has 102 valence electrons. The number of urea groups is 1. The van der Waals surface area contributed by atoms with Crippen molar-refractivity contribution >= 4 is 17.4 Å². The van der Waals surface area contributed by atoms with Crippen LogP contribution in [0.25, 0.3) is 0 Å². The minimum atomic E-state index is -0.170. The van der Waals surface area contributed by atoms with E-state index in [-0.39, 0.29) is 11.8 Å². The summed E-state index contributed by atoms with van der Waals surface area (Å²) >= 11 is 0. The van der Waals surface area contributed by atoms with Gasteiger partial charge in [-0.2, -0.15) is 0 Å². The first kappa shape index (κ1) is 12.5. The lowest BCUT2D eigenvalue weighted by Crippen LogP contribution is -2.41. The number of phenols is 1. The number of para-hydroxylation sites is 1. The molecular weight excluding hydrogens is 252 g/mol. The molecule has 0 saturated heterocycles. The van der Waals surface area contributed by atoms with E-state index in [4.69, 9.17) is 0 Å². The molecule has 4 heteroatoms. The fourth-order valence-corrected chi connectivity index (χ4v) is 2.47. The molecule has 0 saturated carbocycles. The Bertz CT molecular complexity index is 653. The van der Waals surface area contributed by atoms with Gasteiger partial charge in [-0.15, -0.1) is 0 Å². The molecule has 0 unspecified atom stereocenters. The Kier molecular flexibility index (Phi) is 3.06. The van der Waals surface area contributed by atoms with E-state index >= 15 is 0 Å². The van der Waals surface area contributed by atoms with Crippen molar-refractivity contribution in [2.75, 3.05) is 4.90 Å². The molecule has 0 fully saturated rings. The quantitative estimate of drug-likeness (QED) is 0.878. The largest absolute Gasteiger partial charge is 0.508 e. The van der Waals surface area contributed by atoms with Crippen LogP contribution in [-0.2, 0) is 13.0 Å². The molecule has 4 nitrogen and oxygen atoms in total. The fourth-order valence-electron chi connectivity index (χ4n) is 2.47. The second-order valence-corrected chi connectivity index (χ2v) is 4.80. The number of carbonyl (C=O) groups is 1. The minimum Gasteiger partial charge on any atom is -0.508 e. The van der Waals surface area contributed by atoms with Crippen LogP contribution in [0.3, 0.4) is 0 Å². The summed E-state index contributed by atoms with van der Waals surface area (Å²) < 4.78 is 0. The molecular formula is C16H16N2O2. The third kappa shape index (κ3) is 1.99. The van der Waals surface area contributed by atoms with Crippen molar-refractivity contribution in [2.24, 2.45) is 0 Å². The summed E-state index contributed by atoms with van der Waals surface area (Å²) in [5, 5.41) is 12.9. The lowest BCUT2D eigenvalue weighted by atomic mass is 10.0. The van der Waals surface area contributed by atoms with Crippen molar-refractivity contribution in [2.45, 2.75) is 19.9 Å². The summed E-state index contributed by atoms with van der Waals surface area (Å²) in [7, 11) is 0. The number of hydrogen-bond donors (Lipinski definition) is 2. The number of phenolic OH excluding ortho intramolecular Hbond substituents is 1. The van der Waals surface area contributed by atoms with Crippen LogP contribution in [-0.4, -0.2) is 11.1 Å². The van der Waals surface area contributed by atoms with Gasteiger partial charge in [0.25, 0.3) is 0 Å². The number of anilines is 2. The molecule has 0 aromatic heterocycles. The third-order valence-corrected chi connectivity index (χ3v) is 3.55. The molecule has 1 aliphatic heterocycles. The highest BCUT2D eigenvalue weighted by Gasteiger charge is 2.27. The summed E-state index contributed by atoms with van der Waals surface area (Å²) in [4.78, 5) is 13.8. The molecule has 1 heterocycles. The van der Waals surface area contributed by atoms with Crippen LogP contribution in [0.15, 0.2) is 42.5 Å². The number of rotatable bonds is 2. The number of aromatic hydroxyl groups is 1. The first-order valence-corrected chi connectivity index (χ1v) is 6.68. The number of benzene rings is 2. The Morgan fingerprint density at radius 2 is 2.00 bits per heavy atom. The van der Waals surface area contributed by atoms with Gasteiger partial charge in [-0.3, -0.25) is 4.90 Å². The van der Waals surface area contributed by atoms with Crippen molar-refractivity contribution in [1.29, 1.82) is 0 Å². The van der Waals surface area contributed by atoms with E-state index in [0.29, 0.717) is 6.54 Å². The monoisotopic (exact) mass is 268 g/mol. The van der Waals surface area contributed by atoms with Crippen LogP contribution in [0.5, 0.6) is 5.75 Å². The predicted octanol–water partition coefficient (Wildman–Crippen LogP) is 3.32. The average Bonchev–Trinajstić information content (AvgIpc) is 2.47. The molecule has 0 spiro atoms. The van der Waals surface area contributed by atoms with Gasteiger partial charge < -0.3 is 10.4 Å². The lowest BCUT2D eigenvalue weighted by molar-refractivity contribution is 0.247. The summed E-state index contributed by atoms with van der Waals surface area (Å²) in [5.41, 5.74) is 3.32. The van der Waals surface area contributed by atoms with Crippen LogP contribution in [0.2, 0.25) is 0 Å². The van der Waals surface area contributed by atoms with Crippen molar-refractivity contribution < 1.29 is 9.90 Å². The first-order chi connectivity index (χ1) is 9.70. The van der Waals surface area contributed by atoms with Crippen molar-refractivity contribution in [3.8, 4) is 5.75 Å². The van der Waals surface area contributed by atoms with Crippen molar-refractivity contribution in [3.05, 3.63) is 53.6 Å². The van der Waals surface area contributed by atoms with Gasteiger partial charge in [0.1, 0.15) is 5.75 Å². The van der Waals surface area contributed by atoms with Gasteiger partial charge in [0.15, 0.2) is 0 Å². The molecule has 0 bridgehead atoms. The Morgan fingerprint density at radius 3 is 2.70 bits per heavy atom. The molecule has 3 rings (SSSR count). The molecule has 0 aliphatic carbocycles. The molecule has 20 heavy (non-hydrogen) atoms. The summed E-state index contributed by atoms with van der Waals surface area (Å²) in [6, 6.07) is 13.0. The van der Waals surface area contributed by atoms with Crippen LogP contribution >= 0.6 is 0 Å². The molecule has 2 N–H and O–H groups in total. The zero-order valence-electron chi connectivity index (χ0n) is 11.3. The highest BCUT2D eigenvalue weighted by atomic mass is 16.3. The normalized spacial score (nSPS) is 13.8. The third-order valence-electron chi connectivity index (χ3n) is 3.55. The van der Waals surface area contributed by atoms with Gasteiger partial charge in [0.2, 0.25) is 0 Å². The van der Waals surface area contributed by atoms with Gasteiger partial charge in [-0.05, 0) is 36.2 Å². The number of nitrogens with zero attached hydrogens (tertiary/aromatic N) is 1. The van der Waals surface area contributed by atoms with E-state index in [1.165, 1.54) is 0 Å². The fraction of sp³-hybridized carbons (Fsp3) is 0.188. The highest BCUT2D eigenvalue weighted by Crippen LogP contribution is 2.37. The van der Waals surface area contributed by atoms with Crippen LogP contribution in [0.4, 0.5) is 16.2 Å². The summed E-state index contributed by atoms with van der Waals surface area (Å²) in [6.07, 6.45) is 0.811. The second kappa shape index (κ2) is 4.89. The van der Waals surface area contributed by atoms with Crippen LogP contribution in [0, 0.1) is 0 Å². The minimum absolute atomic E-state index is 0.170. The molecule has 2 aromatic carbocycles. The SMILES string of the molecule is CCc1cc(O)c2c(c1)N(c1ccccc1)C(=O)NC2. The standard InChI is InChI=1S/C16H16N2O2/c1-2-11-8-14-13(15(19)9-11)10-17-16(20)18(14)12-6-4-3-5-7-12/h3-9,19H,2,10H2,1H3,(H,17,20). The van der Waals surface area contributed by atoms with E-state index in [1.54, 1.807) is 11.0 Å². The number of fused-ring (bicyclic) bond motifs is 1. The van der Waals surface area contributed by atoms with E-state index in [0.717, 1.165) is 28.9 Å². The van der Waals surface area contributed by atoms with E-state index in [1.807, 2.05) is 43.3 Å². The van der Waals surface area contributed by atoms with Crippen molar-refractivity contribution in [3.63, 3.8) is 0 Å². The zero-order valence-corrected chi connectivity index (χ0v) is 11.3. The van der Waals surface area contributed by atoms with E-state index < -0.39 is 0 Å². The highest BCUT2D eigenvalue weighted by molar-refractivity contribution is 6.02. The molecule has 2 aromatic rings. The second-order valence-electron chi connectivity index (χ2n) is 4.80. The van der Waals surface area contributed by atoms with Crippen LogP contribution in [0.1, 0.15) is 18.1 Å². The number of amides is 2. The van der Waals surface area contributed by atoms with E-state index in [2.05, 4.69) is 5.32 Å². The number of hydrogen-bond acceptors (Lipinski definition) is 2. The van der Waals surface area contributed by atoms with Gasteiger partial charge in [0, 0.05) is 5.56 Å². The van der Waals surface area contributed by atoms with Gasteiger partial charge in [0.05, 0.1) is 17.9 Å². The molecule has 1 aliphatic rings. The predicted molar refractivity (Wildman–Crippen MR) is 78.3 cm³/mol. The zero-order chi connectivity index (χ0) is 14.1. The molecule has 2 amide bonds. The number of nitrogens with one attached hydrogen (secondary N) is 1. The Hall–Kier alpha value is -2.49. The summed E-state index contributed by atoms with van der Waals surface area (Å²) in [6.45, 7) is 2.38. The maximum atomic E-state index is 12.2. The molecule has 0 radical (unpaired) electrons. The Balaban J connectivity index is 2.18. The van der Waals surface area contributed by atoms with Crippen molar-refractivity contribution in [1.82, 2.24) is 5.32 Å². The van der Waals surface area contributed by atoms with E-state index in [9.17, 15) is 9.90 Å². The average molecular weight is 268 g/mol. The first-order valence-electron chi connectivity index (χ1n) is 6.68. The Labute approximate surface area is 117 Å². The maximum absolute atomic E-state index is 12.2.